The van der Waals surface area contributed by atoms with E-state index in [-0.39, 0.29) is 17.7 Å². The monoisotopic (exact) mass is 310 g/mol. The molecule has 0 saturated carbocycles. The Balaban J connectivity index is 1.83. The lowest BCUT2D eigenvalue weighted by Gasteiger charge is -2.32. The molecule has 0 bridgehead atoms. The van der Waals surface area contributed by atoms with E-state index in [1.54, 1.807) is 0 Å². The number of carbonyl (C=O) groups is 2. The number of amides is 2. The number of piperidine rings is 1. The number of nitrogens with one attached hydrogen (secondary N) is 1. The SMILES string of the molecule is CCNC(=O)C1CCCN(C(=O)c2cccc3ccccc23)C1. The van der Waals surface area contributed by atoms with E-state index in [2.05, 4.69) is 5.32 Å². The number of nitrogens with zero attached hydrogens (tertiary/aromatic N) is 1. The van der Waals surface area contributed by atoms with Crippen molar-refractivity contribution in [1.82, 2.24) is 10.2 Å². The fourth-order valence-electron chi connectivity index (χ4n) is 3.28. The van der Waals surface area contributed by atoms with E-state index < -0.39 is 0 Å². The molecule has 1 aliphatic rings. The Labute approximate surface area is 136 Å². The summed E-state index contributed by atoms with van der Waals surface area (Å²) in [7, 11) is 0. The van der Waals surface area contributed by atoms with E-state index in [0.717, 1.165) is 35.7 Å². The molecule has 0 spiro atoms. The van der Waals surface area contributed by atoms with Crippen molar-refractivity contribution < 1.29 is 9.59 Å². The number of hydrogen-bond acceptors (Lipinski definition) is 2. The van der Waals surface area contributed by atoms with Crippen LogP contribution in [0.3, 0.4) is 0 Å². The fraction of sp³-hybridized carbons (Fsp3) is 0.368. The molecule has 120 valence electrons. The molecule has 1 atom stereocenters. The van der Waals surface area contributed by atoms with Crippen molar-refractivity contribution in [2.75, 3.05) is 19.6 Å². The molecule has 23 heavy (non-hydrogen) atoms. The van der Waals surface area contributed by atoms with E-state index in [0.29, 0.717) is 13.1 Å². The van der Waals surface area contributed by atoms with Gasteiger partial charge in [0.1, 0.15) is 0 Å². The van der Waals surface area contributed by atoms with Crippen molar-refractivity contribution in [3.8, 4) is 0 Å². The van der Waals surface area contributed by atoms with Crippen LogP contribution >= 0.6 is 0 Å². The minimum absolute atomic E-state index is 0.0239. The normalized spacial score (nSPS) is 18.0. The van der Waals surface area contributed by atoms with Gasteiger partial charge in [-0.05, 0) is 36.6 Å². The van der Waals surface area contributed by atoms with E-state index >= 15 is 0 Å². The van der Waals surface area contributed by atoms with Crippen LogP contribution in [0.5, 0.6) is 0 Å². The van der Waals surface area contributed by atoms with Crippen molar-refractivity contribution in [2.45, 2.75) is 19.8 Å². The van der Waals surface area contributed by atoms with Gasteiger partial charge >= 0.3 is 0 Å². The first-order valence-corrected chi connectivity index (χ1v) is 8.25. The van der Waals surface area contributed by atoms with E-state index in [9.17, 15) is 9.59 Å². The smallest absolute Gasteiger partial charge is 0.254 e. The summed E-state index contributed by atoms with van der Waals surface area (Å²) < 4.78 is 0. The van der Waals surface area contributed by atoms with Gasteiger partial charge in [-0.25, -0.2) is 0 Å². The summed E-state index contributed by atoms with van der Waals surface area (Å²) in [6.07, 6.45) is 1.73. The summed E-state index contributed by atoms with van der Waals surface area (Å²) in [5.41, 5.74) is 0.722. The second-order valence-corrected chi connectivity index (χ2v) is 6.01. The third-order valence-corrected chi connectivity index (χ3v) is 4.45. The quantitative estimate of drug-likeness (QED) is 0.947. The Kier molecular flexibility index (Phi) is 4.60. The second kappa shape index (κ2) is 6.82. The molecule has 1 N–H and O–H groups in total. The highest BCUT2D eigenvalue weighted by Crippen LogP contribution is 2.23. The molecule has 0 aliphatic carbocycles. The minimum atomic E-state index is -0.0948. The molecule has 4 nitrogen and oxygen atoms in total. The lowest BCUT2D eigenvalue weighted by Crippen LogP contribution is -2.45. The zero-order valence-corrected chi connectivity index (χ0v) is 13.4. The van der Waals surface area contributed by atoms with Gasteiger partial charge in [0, 0.05) is 25.2 Å². The predicted molar refractivity (Wildman–Crippen MR) is 91.3 cm³/mol. The molecule has 1 unspecified atom stereocenters. The first kappa shape index (κ1) is 15.5. The topological polar surface area (TPSA) is 49.4 Å². The molecule has 1 saturated heterocycles. The average Bonchev–Trinajstić information content (AvgIpc) is 2.61. The summed E-state index contributed by atoms with van der Waals surface area (Å²) in [6.45, 7) is 3.78. The van der Waals surface area contributed by atoms with E-state index in [1.807, 2.05) is 54.3 Å². The Bertz CT molecular complexity index is 721. The Morgan fingerprint density at radius 3 is 2.78 bits per heavy atom. The van der Waals surface area contributed by atoms with Gasteiger partial charge in [-0.15, -0.1) is 0 Å². The molecule has 1 fully saturated rings. The van der Waals surface area contributed by atoms with Gasteiger partial charge in [-0.3, -0.25) is 9.59 Å². The van der Waals surface area contributed by atoms with Crippen LogP contribution in [0.25, 0.3) is 10.8 Å². The summed E-state index contributed by atoms with van der Waals surface area (Å²) in [5, 5.41) is 4.90. The lowest BCUT2D eigenvalue weighted by atomic mass is 9.95. The number of benzene rings is 2. The number of likely N-dealkylation sites (tertiary alicyclic amines) is 1. The highest BCUT2D eigenvalue weighted by Gasteiger charge is 2.29. The molecular weight excluding hydrogens is 288 g/mol. The maximum atomic E-state index is 12.9. The van der Waals surface area contributed by atoms with Gasteiger partial charge in [0.15, 0.2) is 0 Å². The third kappa shape index (κ3) is 3.21. The second-order valence-electron chi connectivity index (χ2n) is 6.01. The number of hydrogen-bond donors (Lipinski definition) is 1. The molecule has 2 aromatic carbocycles. The molecule has 1 aliphatic heterocycles. The van der Waals surface area contributed by atoms with Crippen LogP contribution in [0.15, 0.2) is 42.5 Å². The highest BCUT2D eigenvalue weighted by molar-refractivity contribution is 6.07. The zero-order valence-electron chi connectivity index (χ0n) is 13.4. The lowest BCUT2D eigenvalue weighted by molar-refractivity contribution is -0.126. The third-order valence-electron chi connectivity index (χ3n) is 4.45. The first-order valence-electron chi connectivity index (χ1n) is 8.25. The van der Waals surface area contributed by atoms with Crippen LogP contribution in [-0.2, 0) is 4.79 Å². The van der Waals surface area contributed by atoms with Crippen molar-refractivity contribution >= 4 is 22.6 Å². The minimum Gasteiger partial charge on any atom is -0.356 e. The van der Waals surface area contributed by atoms with E-state index in [4.69, 9.17) is 0 Å². The summed E-state index contributed by atoms with van der Waals surface area (Å²) >= 11 is 0. The van der Waals surface area contributed by atoms with Crippen LogP contribution in [0, 0.1) is 5.92 Å². The summed E-state index contributed by atoms with van der Waals surface area (Å²) in [5.74, 6) is -0.0126. The highest BCUT2D eigenvalue weighted by atomic mass is 16.2. The van der Waals surface area contributed by atoms with Crippen LogP contribution < -0.4 is 5.32 Å². The number of fused-ring (bicyclic) bond motifs is 1. The summed E-state index contributed by atoms with van der Waals surface area (Å²) in [6, 6.07) is 13.7. The van der Waals surface area contributed by atoms with Crippen molar-refractivity contribution in [3.63, 3.8) is 0 Å². The first-order chi connectivity index (χ1) is 11.2. The van der Waals surface area contributed by atoms with Gasteiger partial charge in [-0.2, -0.15) is 0 Å². The van der Waals surface area contributed by atoms with Gasteiger partial charge < -0.3 is 10.2 Å². The standard InChI is InChI=1S/C19H22N2O2/c1-2-20-18(22)15-9-6-12-21(13-15)19(23)17-11-5-8-14-7-3-4-10-16(14)17/h3-5,7-8,10-11,15H,2,6,9,12-13H2,1H3,(H,20,22). The Hall–Kier alpha value is -2.36. The van der Waals surface area contributed by atoms with Crippen LogP contribution in [-0.4, -0.2) is 36.3 Å². The summed E-state index contributed by atoms with van der Waals surface area (Å²) in [4.78, 5) is 26.8. The number of rotatable bonds is 3. The van der Waals surface area contributed by atoms with Gasteiger partial charge in [-0.1, -0.05) is 36.4 Å². The Morgan fingerprint density at radius 2 is 1.96 bits per heavy atom. The molecule has 1 heterocycles. The van der Waals surface area contributed by atoms with Crippen LogP contribution in [0.2, 0.25) is 0 Å². The van der Waals surface area contributed by atoms with Crippen molar-refractivity contribution in [2.24, 2.45) is 5.92 Å². The molecule has 3 rings (SSSR count). The Morgan fingerprint density at radius 1 is 1.17 bits per heavy atom. The fourth-order valence-corrected chi connectivity index (χ4v) is 3.28. The van der Waals surface area contributed by atoms with E-state index in [1.165, 1.54) is 0 Å². The predicted octanol–water partition coefficient (Wildman–Crippen LogP) is 2.83. The molecule has 0 radical (unpaired) electrons. The number of carbonyl (C=O) groups excluding carboxylic acids is 2. The van der Waals surface area contributed by atoms with Gasteiger partial charge in [0.05, 0.1) is 5.92 Å². The van der Waals surface area contributed by atoms with Gasteiger partial charge in [0.25, 0.3) is 5.91 Å². The molecular formula is C19H22N2O2. The molecule has 2 amide bonds. The van der Waals surface area contributed by atoms with Crippen molar-refractivity contribution in [3.05, 3.63) is 48.0 Å². The zero-order chi connectivity index (χ0) is 16.2. The van der Waals surface area contributed by atoms with Crippen molar-refractivity contribution in [1.29, 1.82) is 0 Å². The van der Waals surface area contributed by atoms with Crippen LogP contribution in [0.1, 0.15) is 30.1 Å². The largest absolute Gasteiger partial charge is 0.356 e. The molecule has 0 aromatic heterocycles. The maximum Gasteiger partial charge on any atom is 0.254 e. The van der Waals surface area contributed by atoms with Gasteiger partial charge in [0.2, 0.25) is 5.91 Å². The average molecular weight is 310 g/mol. The maximum absolute atomic E-state index is 12.9. The molecule has 4 heteroatoms. The molecule has 2 aromatic rings. The van der Waals surface area contributed by atoms with Crippen LogP contribution in [0.4, 0.5) is 0 Å².